The molecule has 0 aliphatic carbocycles. The average molecular weight is 211 g/mol. The Hall–Kier alpha value is -1.82. The molecule has 1 aromatic heterocycles. The van der Waals surface area contributed by atoms with E-state index < -0.39 is 11.8 Å². The van der Waals surface area contributed by atoms with Crippen LogP contribution in [0.5, 0.6) is 0 Å². The minimum Gasteiger partial charge on any atom is -0.455 e. The van der Waals surface area contributed by atoms with Gasteiger partial charge in [-0.3, -0.25) is 9.59 Å². The third-order valence-electron chi connectivity index (χ3n) is 1.81. The molecular weight excluding hydrogens is 198 g/mol. The number of hydrogen-bond acceptors (Lipinski definition) is 4. The van der Waals surface area contributed by atoms with Crippen LogP contribution in [0.4, 0.5) is 0 Å². The van der Waals surface area contributed by atoms with Gasteiger partial charge in [-0.05, 0) is 12.1 Å². The van der Waals surface area contributed by atoms with Crippen molar-refractivity contribution < 1.29 is 14.0 Å². The molecule has 0 radical (unpaired) electrons. The maximum atomic E-state index is 11.6. The highest BCUT2D eigenvalue weighted by Crippen LogP contribution is 2.09. The molecule has 0 bridgehead atoms. The van der Waals surface area contributed by atoms with Crippen LogP contribution in [0, 0.1) is 0 Å². The van der Waals surface area contributed by atoms with Crippen LogP contribution in [0.15, 0.2) is 16.5 Å². The molecule has 6 nitrogen and oxygen atoms in total. The summed E-state index contributed by atoms with van der Waals surface area (Å²) in [6, 6.07) is 3.13. The molecule has 0 saturated carbocycles. The number of rotatable bonds is 4. The molecular formula is C9H13N3O3. The molecule has 6 heteroatoms. The van der Waals surface area contributed by atoms with E-state index in [1.165, 1.54) is 18.0 Å². The van der Waals surface area contributed by atoms with Crippen molar-refractivity contribution in [3.05, 3.63) is 23.7 Å². The predicted molar refractivity (Wildman–Crippen MR) is 52.8 cm³/mol. The number of carbonyl (C=O) groups is 2. The molecule has 0 fully saturated rings. The molecule has 0 aliphatic heterocycles. The van der Waals surface area contributed by atoms with E-state index in [2.05, 4.69) is 0 Å². The minimum atomic E-state index is -0.573. The highest BCUT2D eigenvalue weighted by molar-refractivity contribution is 5.93. The number of nitrogens with zero attached hydrogens (tertiary/aromatic N) is 1. The Morgan fingerprint density at radius 1 is 1.47 bits per heavy atom. The van der Waals surface area contributed by atoms with Gasteiger partial charge in [-0.2, -0.15) is 0 Å². The van der Waals surface area contributed by atoms with E-state index in [1.54, 1.807) is 6.07 Å². The van der Waals surface area contributed by atoms with Crippen LogP contribution in [-0.4, -0.2) is 30.3 Å². The molecule has 2 amide bonds. The number of nitrogens with two attached hydrogens (primary N) is 2. The number of likely N-dealkylation sites (N-methyl/N-ethyl adjacent to an activating group) is 1. The Balaban J connectivity index is 2.71. The van der Waals surface area contributed by atoms with E-state index in [1.807, 2.05) is 0 Å². The van der Waals surface area contributed by atoms with Gasteiger partial charge in [0.25, 0.3) is 5.91 Å². The number of hydrogen-bond donors (Lipinski definition) is 2. The first-order valence-corrected chi connectivity index (χ1v) is 4.37. The Labute approximate surface area is 86.8 Å². The average Bonchev–Trinajstić information content (AvgIpc) is 2.63. The van der Waals surface area contributed by atoms with E-state index in [0.29, 0.717) is 5.76 Å². The molecule has 1 heterocycles. The molecule has 4 N–H and O–H groups in total. The summed E-state index contributed by atoms with van der Waals surface area (Å²) < 4.78 is 5.13. The van der Waals surface area contributed by atoms with Crippen molar-refractivity contribution in [1.82, 2.24) is 4.90 Å². The zero-order valence-electron chi connectivity index (χ0n) is 8.40. The first kappa shape index (κ1) is 11.3. The molecule has 0 aromatic carbocycles. The van der Waals surface area contributed by atoms with Crippen molar-refractivity contribution in [2.24, 2.45) is 11.5 Å². The third kappa shape index (κ3) is 2.81. The van der Waals surface area contributed by atoms with Crippen molar-refractivity contribution in [2.75, 3.05) is 13.6 Å². The summed E-state index contributed by atoms with van der Waals surface area (Å²) in [5, 5.41) is 0. The molecule has 1 aromatic rings. The van der Waals surface area contributed by atoms with Crippen LogP contribution in [-0.2, 0) is 11.3 Å². The maximum absolute atomic E-state index is 11.6. The van der Waals surface area contributed by atoms with Gasteiger partial charge in [0.15, 0.2) is 5.76 Å². The molecule has 1 rings (SSSR count). The summed E-state index contributed by atoms with van der Waals surface area (Å²) in [6.45, 7) is 0.0876. The van der Waals surface area contributed by atoms with Gasteiger partial charge in [-0.1, -0.05) is 0 Å². The summed E-state index contributed by atoms with van der Waals surface area (Å²) in [5.74, 6) is -0.296. The normalized spacial score (nSPS) is 10.0. The van der Waals surface area contributed by atoms with Crippen molar-refractivity contribution in [3.8, 4) is 0 Å². The Bertz CT molecular complexity index is 372. The number of carbonyl (C=O) groups excluding carboxylic acids is 2. The van der Waals surface area contributed by atoms with Gasteiger partial charge >= 0.3 is 0 Å². The van der Waals surface area contributed by atoms with E-state index in [9.17, 15) is 9.59 Å². The Morgan fingerprint density at radius 3 is 2.60 bits per heavy atom. The van der Waals surface area contributed by atoms with Gasteiger partial charge in [0.2, 0.25) is 5.91 Å². The van der Waals surface area contributed by atoms with Crippen LogP contribution in [0.1, 0.15) is 16.3 Å². The first-order valence-electron chi connectivity index (χ1n) is 4.37. The fourth-order valence-electron chi connectivity index (χ4n) is 1.10. The summed E-state index contributed by atoms with van der Waals surface area (Å²) in [6.07, 6.45) is 0. The van der Waals surface area contributed by atoms with Crippen LogP contribution in [0.25, 0.3) is 0 Å². The molecule has 82 valence electrons. The van der Waals surface area contributed by atoms with Gasteiger partial charge in [-0.15, -0.1) is 0 Å². The van der Waals surface area contributed by atoms with Gasteiger partial charge in [0, 0.05) is 7.05 Å². The fourth-order valence-corrected chi connectivity index (χ4v) is 1.10. The second kappa shape index (κ2) is 4.61. The first-order chi connectivity index (χ1) is 7.04. The van der Waals surface area contributed by atoms with Crippen molar-refractivity contribution in [1.29, 1.82) is 0 Å². The molecule has 0 atom stereocenters. The quantitative estimate of drug-likeness (QED) is 0.687. The zero-order valence-corrected chi connectivity index (χ0v) is 8.40. The highest BCUT2D eigenvalue weighted by atomic mass is 16.4. The smallest absolute Gasteiger partial charge is 0.289 e. The van der Waals surface area contributed by atoms with Crippen LogP contribution < -0.4 is 11.5 Å². The van der Waals surface area contributed by atoms with Crippen molar-refractivity contribution in [3.63, 3.8) is 0 Å². The zero-order chi connectivity index (χ0) is 11.4. The maximum Gasteiger partial charge on any atom is 0.289 e. The van der Waals surface area contributed by atoms with Gasteiger partial charge < -0.3 is 20.8 Å². The monoisotopic (exact) mass is 211 g/mol. The summed E-state index contributed by atoms with van der Waals surface area (Å²) in [5.41, 5.74) is 10.3. The van der Waals surface area contributed by atoms with E-state index >= 15 is 0 Å². The third-order valence-corrected chi connectivity index (χ3v) is 1.81. The van der Waals surface area contributed by atoms with Crippen LogP contribution in [0.3, 0.4) is 0 Å². The van der Waals surface area contributed by atoms with E-state index in [0.717, 1.165) is 0 Å². The fraction of sp³-hybridized carbons (Fsp3) is 0.333. The minimum absolute atomic E-state index is 0.141. The molecule has 0 unspecified atom stereocenters. The standard InChI is InChI=1S/C9H13N3O3/c1-12(5-8(11)13)9(14)7-3-2-6(4-10)15-7/h2-3H,4-5,10H2,1H3,(H2,11,13). The lowest BCUT2D eigenvalue weighted by molar-refractivity contribution is -0.118. The molecule has 0 aliphatic rings. The number of furan rings is 1. The second-order valence-corrected chi connectivity index (χ2v) is 3.10. The van der Waals surface area contributed by atoms with Crippen molar-refractivity contribution >= 4 is 11.8 Å². The molecule has 0 saturated heterocycles. The lowest BCUT2D eigenvalue weighted by atomic mass is 10.4. The summed E-state index contributed by atoms with van der Waals surface area (Å²) in [7, 11) is 1.47. The Kier molecular flexibility index (Phi) is 3.46. The van der Waals surface area contributed by atoms with Crippen LogP contribution in [0.2, 0.25) is 0 Å². The number of amides is 2. The van der Waals surface area contributed by atoms with Gasteiger partial charge in [0.05, 0.1) is 13.1 Å². The van der Waals surface area contributed by atoms with Crippen LogP contribution >= 0.6 is 0 Å². The molecule has 0 spiro atoms. The van der Waals surface area contributed by atoms with Crippen molar-refractivity contribution in [2.45, 2.75) is 6.54 Å². The lowest BCUT2D eigenvalue weighted by Crippen LogP contribution is -2.35. The highest BCUT2D eigenvalue weighted by Gasteiger charge is 2.16. The summed E-state index contributed by atoms with van der Waals surface area (Å²) in [4.78, 5) is 23.4. The van der Waals surface area contributed by atoms with E-state index in [-0.39, 0.29) is 18.8 Å². The topological polar surface area (TPSA) is 103 Å². The SMILES string of the molecule is CN(CC(N)=O)C(=O)c1ccc(CN)o1. The molecule has 15 heavy (non-hydrogen) atoms. The van der Waals surface area contributed by atoms with Gasteiger partial charge in [0.1, 0.15) is 5.76 Å². The van der Waals surface area contributed by atoms with Gasteiger partial charge in [-0.25, -0.2) is 0 Å². The number of primary amides is 1. The lowest BCUT2D eigenvalue weighted by Gasteiger charge is -2.12. The largest absolute Gasteiger partial charge is 0.455 e. The van der Waals surface area contributed by atoms with E-state index in [4.69, 9.17) is 15.9 Å². The summed E-state index contributed by atoms with van der Waals surface area (Å²) >= 11 is 0. The second-order valence-electron chi connectivity index (χ2n) is 3.10. The Morgan fingerprint density at radius 2 is 2.13 bits per heavy atom. The predicted octanol–water partition coefficient (Wildman–Crippen LogP) is -0.704.